The normalized spacial score (nSPS) is 15.9. The summed E-state index contributed by atoms with van der Waals surface area (Å²) in [6.45, 7) is 0. The summed E-state index contributed by atoms with van der Waals surface area (Å²) in [5, 5.41) is 9.99. The topological polar surface area (TPSA) is 34.2 Å². The van der Waals surface area contributed by atoms with Gasteiger partial charge in [0.05, 0.1) is 16.6 Å². The van der Waals surface area contributed by atoms with Gasteiger partial charge < -0.3 is 9.88 Å². The molecule has 228 valence electrons. The van der Waals surface area contributed by atoms with E-state index in [0.29, 0.717) is 0 Å². The third-order valence-corrected chi connectivity index (χ3v) is 10.1. The molecule has 0 spiro atoms. The Bertz CT molecular complexity index is 2630. The van der Waals surface area contributed by atoms with Crippen molar-refractivity contribution in [3.63, 3.8) is 0 Å². The predicted octanol–water partition coefficient (Wildman–Crippen LogP) is 11.2. The second-order valence-corrected chi connectivity index (χ2v) is 12.8. The molecule has 0 saturated heterocycles. The van der Waals surface area contributed by atoms with Crippen molar-refractivity contribution in [2.24, 2.45) is 4.99 Å². The molecular formula is C44H32N4. The molecule has 0 radical (unpaired) electrons. The van der Waals surface area contributed by atoms with Crippen LogP contribution in [0.2, 0.25) is 0 Å². The monoisotopic (exact) mass is 616 g/mol. The van der Waals surface area contributed by atoms with E-state index in [4.69, 9.17) is 4.99 Å². The minimum atomic E-state index is -0.151. The standard InChI is InChI=1S/C44H32N4/c1-3-11-29(12-4-1)30-19-21-32(22-20-30)43-36-17-9-10-18-38(36)45-44(46-43)48-39-24-23-31-13-7-8-16-35(31)42(39)37-27-33-25-26-47(40(33)28-41(37)48)34-14-5-2-6-15-34/h1-5,7-14,16-28,43H,6,15H2,(H,45,46). The van der Waals surface area contributed by atoms with Gasteiger partial charge in [-0.05, 0) is 76.7 Å². The molecule has 2 aromatic heterocycles. The average Bonchev–Trinajstić information content (AvgIpc) is 3.73. The summed E-state index contributed by atoms with van der Waals surface area (Å²) >= 11 is 0. The fraction of sp³-hybridized carbons (Fsp3) is 0.0682. The lowest BCUT2D eigenvalue weighted by Crippen LogP contribution is -2.27. The molecule has 0 amide bonds. The van der Waals surface area contributed by atoms with Crippen molar-refractivity contribution in [2.75, 3.05) is 5.32 Å². The summed E-state index contributed by atoms with van der Waals surface area (Å²) in [6.07, 6.45) is 11.0. The number of aromatic nitrogens is 2. The van der Waals surface area contributed by atoms with Gasteiger partial charge in [-0.2, -0.15) is 0 Å². The van der Waals surface area contributed by atoms with Crippen LogP contribution in [-0.2, 0) is 0 Å². The smallest absolute Gasteiger partial charge is 0.208 e. The van der Waals surface area contributed by atoms with E-state index in [-0.39, 0.29) is 6.04 Å². The van der Waals surface area contributed by atoms with E-state index in [9.17, 15) is 0 Å². The Morgan fingerprint density at radius 3 is 2.33 bits per heavy atom. The molecule has 1 atom stereocenters. The van der Waals surface area contributed by atoms with Crippen LogP contribution >= 0.6 is 0 Å². The van der Waals surface area contributed by atoms with E-state index in [1.54, 1.807) is 0 Å². The zero-order valence-corrected chi connectivity index (χ0v) is 26.3. The highest BCUT2D eigenvalue weighted by Crippen LogP contribution is 2.41. The van der Waals surface area contributed by atoms with E-state index < -0.39 is 0 Å². The molecule has 48 heavy (non-hydrogen) atoms. The first-order valence-corrected chi connectivity index (χ1v) is 16.7. The molecule has 0 fully saturated rings. The van der Waals surface area contributed by atoms with Gasteiger partial charge >= 0.3 is 0 Å². The van der Waals surface area contributed by atoms with Crippen molar-refractivity contribution >= 4 is 60.8 Å². The van der Waals surface area contributed by atoms with E-state index in [2.05, 4.69) is 172 Å². The Morgan fingerprint density at radius 2 is 1.46 bits per heavy atom. The van der Waals surface area contributed by atoms with Gasteiger partial charge in [0.1, 0.15) is 6.04 Å². The highest BCUT2D eigenvalue weighted by atomic mass is 15.2. The van der Waals surface area contributed by atoms with Crippen LogP contribution in [-0.4, -0.2) is 15.1 Å². The number of fused-ring (bicyclic) bond motifs is 7. The van der Waals surface area contributed by atoms with Crippen molar-refractivity contribution in [1.82, 2.24) is 9.13 Å². The van der Waals surface area contributed by atoms with Crippen molar-refractivity contribution in [3.8, 4) is 11.1 Å². The number of aliphatic imine (C=N–C) groups is 1. The van der Waals surface area contributed by atoms with E-state index in [1.807, 2.05) is 0 Å². The zero-order chi connectivity index (χ0) is 31.6. The van der Waals surface area contributed by atoms with Crippen LogP contribution in [0.5, 0.6) is 0 Å². The quantitative estimate of drug-likeness (QED) is 0.211. The fourth-order valence-electron chi connectivity index (χ4n) is 7.73. The Morgan fingerprint density at radius 1 is 0.646 bits per heavy atom. The lowest BCUT2D eigenvalue weighted by Gasteiger charge is -2.27. The molecule has 0 bridgehead atoms. The Labute approximate surface area is 278 Å². The molecule has 3 heterocycles. The minimum absolute atomic E-state index is 0.151. The SMILES string of the molecule is C1=CCCC(n2ccc3cc4c5c6ccccc6ccc5n(C5=NC(c6ccc(-c7ccccc7)cc6)c6ccccc6N5)c4cc32)=C1. The maximum atomic E-state index is 5.54. The van der Waals surface area contributed by atoms with Gasteiger partial charge in [-0.15, -0.1) is 0 Å². The first-order chi connectivity index (χ1) is 23.8. The summed E-state index contributed by atoms with van der Waals surface area (Å²) in [5.41, 5.74) is 10.7. The molecule has 4 heteroatoms. The number of hydrogen-bond acceptors (Lipinski definition) is 2. The van der Waals surface area contributed by atoms with Crippen LogP contribution in [0.3, 0.4) is 0 Å². The third-order valence-electron chi connectivity index (χ3n) is 10.1. The van der Waals surface area contributed by atoms with Gasteiger partial charge in [-0.25, -0.2) is 4.99 Å². The van der Waals surface area contributed by atoms with Gasteiger partial charge in [0.15, 0.2) is 0 Å². The van der Waals surface area contributed by atoms with Gasteiger partial charge in [0.2, 0.25) is 5.96 Å². The maximum Gasteiger partial charge on any atom is 0.208 e. The molecule has 1 aliphatic carbocycles. The number of nitrogens with zero attached hydrogens (tertiary/aromatic N) is 3. The summed E-state index contributed by atoms with van der Waals surface area (Å²) in [6, 6.07) is 48.1. The molecule has 2 aliphatic rings. The zero-order valence-electron chi connectivity index (χ0n) is 26.3. The number of benzene rings is 6. The minimum Gasteiger partial charge on any atom is -0.325 e. The van der Waals surface area contributed by atoms with E-state index in [1.165, 1.54) is 60.4 Å². The third kappa shape index (κ3) is 4.19. The van der Waals surface area contributed by atoms with Crippen molar-refractivity contribution in [3.05, 3.63) is 169 Å². The maximum absolute atomic E-state index is 5.54. The van der Waals surface area contributed by atoms with Crippen LogP contribution in [0.1, 0.15) is 30.0 Å². The Balaban J connectivity index is 1.22. The largest absolute Gasteiger partial charge is 0.325 e. The van der Waals surface area contributed by atoms with E-state index in [0.717, 1.165) is 35.5 Å². The molecular weight excluding hydrogens is 585 g/mol. The molecule has 8 aromatic rings. The van der Waals surface area contributed by atoms with Crippen LogP contribution < -0.4 is 5.32 Å². The number of hydrogen-bond donors (Lipinski definition) is 1. The lowest BCUT2D eigenvalue weighted by molar-refractivity contribution is 0.851. The number of allylic oxidation sites excluding steroid dienone is 4. The summed E-state index contributed by atoms with van der Waals surface area (Å²) in [7, 11) is 0. The second-order valence-electron chi connectivity index (χ2n) is 12.8. The summed E-state index contributed by atoms with van der Waals surface area (Å²) in [4.78, 5) is 5.54. The molecule has 10 rings (SSSR count). The van der Waals surface area contributed by atoms with E-state index >= 15 is 0 Å². The highest BCUT2D eigenvalue weighted by molar-refractivity contribution is 6.26. The van der Waals surface area contributed by atoms with Crippen molar-refractivity contribution in [1.29, 1.82) is 0 Å². The number of rotatable bonds is 3. The summed E-state index contributed by atoms with van der Waals surface area (Å²) in [5.74, 6) is 0.832. The first-order valence-electron chi connectivity index (χ1n) is 16.7. The second kappa shape index (κ2) is 10.7. The molecule has 1 unspecified atom stereocenters. The molecule has 1 aliphatic heterocycles. The highest BCUT2D eigenvalue weighted by Gasteiger charge is 2.27. The van der Waals surface area contributed by atoms with Gasteiger partial charge in [-0.3, -0.25) is 4.57 Å². The molecule has 0 saturated carbocycles. The summed E-state index contributed by atoms with van der Waals surface area (Å²) < 4.78 is 4.71. The van der Waals surface area contributed by atoms with Gasteiger partial charge in [0, 0.05) is 39.3 Å². The van der Waals surface area contributed by atoms with Crippen LogP contribution in [0.25, 0.3) is 60.3 Å². The number of para-hydroxylation sites is 1. The lowest BCUT2D eigenvalue weighted by atomic mass is 9.94. The number of nitrogens with one attached hydrogen (secondary N) is 1. The molecule has 6 aromatic carbocycles. The Kier molecular flexibility index (Phi) is 6.03. The van der Waals surface area contributed by atoms with Crippen molar-refractivity contribution < 1.29 is 0 Å². The van der Waals surface area contributed by atoms with Crippen LogP contribution in [0.15, 0.2) is 163 Å². The average molecular weight is 617 g/mol. The number of anilines is 1. The van der Waals surface area contributed by atoms with Crippen LogP contribution in [0, 0.1) is 0 Å². The molecule has 4 nitrogen and oxygen atoms in total. The van der Waals surface area contributed by atoms with Crippen LogP contribution in [0.4, 0.5) is 5.69 Å². The predicted molar refractivity (Wildman–Crippen MR) is 202 cm³/mol. The molecule has 1 N–H and O–H groups in total. The fourth-order valence-corrected chi connectivity index (χ4v) is 7.73. The van der Waals surface area contributed by atoms with Gasteiger partial charge in [0.25, 0.3) is 0 Å². The first kappa shape index (κ1) is 27.0. The van der Waals surface area contributed by atoms with Gasteiger partial charge in [-0.1, -0.05) is 115 Å². The Hall–Kier alpha value is -6.13. The van der Waals surface area contributed by atoms with Crippen molar-refractivity contribution in [2.45, 2.75) is 18.9 Å².